The lowest BCUT2D eigenvalue weighted by molar-refractivity contribution is -0.119. The van der Waals surface area contributed by atoms with E-state index in [-0.39, 0.29) is 5.91 Å². The summed E-state index contributed by atoms with van der Waals surface area (Å²) in [6.45, 7) is 3.67. The van der Waals surface area contributed by atoms with Crippen molar-refractivity contribution in [1.29, 1.82) is 0 Å². The maximum Gasteiger partial charge on any atom is 0.338 e. The Kier molecular flexibility index (Phi) is 5.77. The van der Waals surface area contributed by atoms with E-state index in [4.69, 9.17) is 16.3 Å². The van der Waals surface area contributed by atoms with Gasteiger partial charge in [-0.2, -0.15) is 0 Å². The van der Waals surface area contributed by atoms with Crippen LogP contribution in [0.5, 0.6) is 0 Å². The van der Waals surface area contributed by atoms with Crippen LogP contribution in [-0.4, -0.2) is 11.9 Å². The van der Waals surface area contributed by atoms with Gasteiger partial charge in [0.2, 0.25) is 5.91 Å². The van der Waals surface area contributed by atoms with E-state index in [1.165, 1.54) is 6.92 Å². The van der Waals surface area contributed by atoms with Crippen LogP contribution in [-0.2, 0) is 16.1 Å². The monoisotopic (exact) mass is 331 g/mol. The van der Waals surface area contributed by atoms with Crippen LogP contribution in [0, 0.1) is 0 Å². The van der Waals surface area contributed by atoms with Gasteiger partial charge in [-0.05, 0) is 30.7 Å². The molecule has 120 valence electrons. The van der Waals surface area contributed by atoms with Crippen LogP contribution in [0.3, 0.4) is 0 Å². The van der Waals surface area contributed by atoms with Crippen molar-refractivity contribution in [3.05, 3.63) is 70.2 Å². The second-order valence-electron chi connectivity index (χ2n) is 5.18. The molecule has 0 spiro atoms. The summed E-state index contributed by atoms with van der Waals surface area (Å²) >= 11 is 6.10. The van der Waals surface area contributed by atoms with Crippen LogP contribution < -0.4 is 5.32 Å². The van der Waals surface area contributed by atoms with Crippen molar-refractivity contribution in [3.63, 3.8) is 0 Å². The number of esters is 1. The minimum Gasteiger partial charge on any atom is -0.454 e. The summed E-state index contributed by atoms with van der Waals surface area (Å²) in [7, 11) is 0. The van der Waals surface area contributed by atoms with Gasteiger partial charge in [-0.25, -0.2) is 4.79 Å². The van der Waals surface area contributed by atoms with Gasteiger partial charge in [-0.1, -0.05) is 41.9 Å². The first-order chi connectivity index (χ1) is 11.0. The van der Waals surface area contributed by atoms with Crippen molar-refractivity contribution in [3.8, 4) is 0 Å². The van der Waals surface area contributed by atoms with Gasteiger partial charge >= 0.3 is 5.97 Å². The molecule has 5 heteroatoms. The molecule has 1 unspecified atom stereocenters. The lowest BCUT2D eigenvalue weighted by atomic mass is 10.1. The Morgan fingerprint density at radius 2 is 1.78 bits per heavy atom. The van der Waals surface area contributed by atoms with Gasteiger partial charge < -0.3 is 10.1 Å². The first-order valence-electron chi connectivity index (χ1n) is 7.26. The molecule has 1 atom stereocenters. The number of ether oxygens (including phenoxy) is 1. The highest BCUT2D eigenvalue weighted by molar-refractivity contribution is 6.31. The molecule has 1 N–H and O–H groups in total. The Hall–Kier alpha value is -2.33. The van der Waals surface area contributed by atoms with Crippen LogP contribution in [0.25, 0.3) is 0 Å². The number of hydrogen-bond acceptors (Lipinski definition) is 3. The average molecular weight is 332 g/mol. The van der Waals surface area contributed by atoms with Crippen molar-refractivity contribution < 1.29 is 14.3 Å². The molecular formula is C18H18ClNO3. The van der Waals surface area contributed by atoms with E-state index >= 15 is 0 Å². The molecule has 0 aliphatic carbocycles. The Labute approximate surface area is 140 Å². The van der Waals surface area contributed by atoms with Gasteiger partial charge in [-0.3, -0.25) is 4.79 Å². The summed E-state index contributed by atoms with van der Waals surface area (Å²) in [6.07, 6.45) is -0.435. The molecule has 2 rings (SSSR count). The van der Waals surface area contributed by atoms with Gasteiger partial charge in [0.05, 0.1) is 5.56 Å². The van der Waals surface area contributed by atoms with E-state index in [0.717, 1.165) is 11.1 Å². The van der Waals surface area contributed by atoms with E-state index in [1.54, 1.807) is 37.3 Å². The third-order valence-electron chi connectivity index (χ3n) is 3.36. The first-order valence-corrected chi connectivity index (χ1v) is 7.64. The summed E-state index contributed by atoms with van der Waals surface area (Å²) in [4.78, 5) is 23.1. The SMILES string of the molecule is CC(=O)NCc1ccc(C(=O)OC(C)c2ccccc2Cl)cc1. The van der Waals surface area contributed by atoms with Gasteiger partial charge in [-0.15, -0.1) is 0 Å². The molecule has 0 bridgehead atoms. The molecule has 2 aromatic carbocycles. The number of nitrogens with one attached hydrogen (secondary N) is 1. The summed E-state index contributed by atoms with van der Waals surface area (Å²) in [5, 5.41) is 3.27. The zero-order valence-electron chi connectivity index (χ0n) is 13.0. The quantitative estimate of drug-likeness (QED) is 0.845. The van der Waals surface area contributed by atoms with Gasteiger partial charge in [0.1, 0.15) is 6.10 Å². The Morgan fingerprint density at radius 3 is 2.39 bits per heavy atom. The largest absolute Gasteiger partial charge is 0.454 e. The van der Waals surface area contributed by atoms with Crippen LogP contribution >= 0.6 is 11.6 Å². The fourth-order valence-corrected chi connectivity index (χ4v) is 2.37. The van der Waals surface area contributed by atoms with Crippen LogP contribution in [0.15, 0.2) is 48.5 Å². The third kappa shape index (κ3) is 4.83. The topological polar surface area (TPSA) is 55.4 Å². The number of carbonyl (C=O) groups is 2. The number of carbonyl (C=O) groups excluding carboxylic acids is 2. The fraction of sp³-hybridized carbons (Fsp3) is 0.222. The predicted octanol–water partition coefficient (Wildman–Crippen LogP) is 3.89. The minimum atomic E-state index is -0.435. The highest BCUT2D eigenvalue weighted by Crippen LogP contribution is 2.25. The van der Waals surface area contributed by atoms with Crippen molar-refractivity contribution in [2.75, 3.05) is 0 Å². The molecule has 4 nitrogen and oxygen atoms in total. The maximum absolute atomic E-state index is 12.2. The lowest BCUT2D eigenvalue weighted by Gasteiger charge is -2.15. The van der Waals surface area contributed by atoms with Gasteiger partial charge in [0.15, 0.2) is 0 Å². The highest BCUT2D eigenvalue weighted by atomic mass is 35.5. The summed E-state index contributed by atoms with van der Waals surface area (Å²) in [5.41, 5.74) is 2.14. The molecule has 0 aliphatic rings. The highest BCUT2D eigenvalue weighted by Gasteiger charge is 2.15. The molecule has 2 aromatic rings. The molecular weight excluding hydrogens is 314 g/mol. The second-order valence-corrected chi connectivity index (χ2v) is 5.58. The molecule has 23 heavy (non-hydrogen) atoms. The Balaban J connectivity index is 2.00. The third-order valence-corrected chi connectivity index (χ3v) is 3.70. The van der Waals surface area contributed by atoms with E-state index < -0.39 is 12.1 Å². The number of halogens is 1. The van der Waals surface area contributed by atoms with Crippen LogP contribution in [0.1, 0.15) is 41.4 Å². The van der Waals surface area contributed by atoms with E-state index in [1.807, 2.05) is 18.2 Å². The molecule has 0 heterocycles. The van der Waals surface area contributed by atoms with E-state index in [9.17, 15) is 9.59 Å². The van der Waals surface area contributed by atoms with Gasteiger partial charge in [0, 0.05) is 24.1 Å². The zero-order valence-corrected chi connectivity index (χ0v) is 13.8. The van der Waals surface area contributed by atoms with E-state index in [2.05, 4.69) is 5.32 Å². The molecule has 0 saturated heterocycles. The number of rotatable bonds is 5. The molecule has 1 amide bonds. The van der Waals surface area contributed by atoms with Crippen molar-refractivity contribution >= 4 is 23.5 Å². The number of benzene rings is 2. The predicted molar refractivity (Wildman–Crippen MR) is 89.2 cm³/mol. The standard InChI is InChI=1S/C18H18ClNO3/c1-12(16-5-3-4-6-17(16)19)23-18(22)15-9-7-14(8-10-15)11-20-13(2)21/h3-10,12H,11H2,1-2H3,(H,20,21). The molecule has 0 radical (unpaired) electrons. The molecule has 0 aliphatic heterocycles. The van der Waals surface area contributed by atoms with Gasteiger partial charge in [0.25, 0.3) is 0 Å². The molecule has 0 fully saturated rings. The number of hydrogen-bond donors (Lipinski definition) is 1. The maximum atomic E-state index is 12.2. The Morgan fingerprint density at radius 1 is 1.13 bits per heavy atom. The van der Waals surface area contributed by atoms with Crippen molar-refractivity contribution in [2.45, 2.75) is 26.5 Å². The van der Waals surface area contributed by atoms with Crippen molar-refractivity contribution in [1.82, 2.24) is 5.32 Å². The second kappa shape index (κ2) is 7.79. The normalized spacial score (nSPS) is 11.6. The minimum absolute atomic E-state index is 0.0953. The van der Waals surface area contributed by atoms with E-state index in [0.29, 0.717) is 17.1 Å². The van der Waals surface area contributed by atoms with Crippen LogP contribution in [0.2, 0.25) is 5.02 Å². The Bertz CT molecular complexity index is 698. The summed E-state index contributed by atoms with van der Waals surface area (Å²) in [5.74, 6) is -0.509. The smallest absolute Gasteiger partial charge is 0.338 e. The number of amides is 1. The molecule has 0 aromatic heterocycles. The molecule has 0 saturated carbocycles. The lowest BCUT2D eigenvalue weighted by Crippen LogP contribution is -2.18. The zero-order chi connectivity index (χ0) is 16.8. The first kappa shape index (κ1) is 17.0. The summed E-state index contributed by atoms with van der Waals surface area (Å²) in [6, 6.07) is 14.2. The van der Waals surface area contributed by atoms with Crippen molar-refractivity contribution in [2.24, 2.45) is 0 Å². The summed E-state index contributed by atoms with van der Waals surface area (Å²) < 4.78 is 5.45. The van der Waals surface area contributed by atoms with Crippen LogP contribution in [0.4, 0.5) is 0 Å². The average Bonchev–Trinajstić information content (AvgIpc) is 2.53. The fourth-order valence-electron chi connectivity index (χ4n) is 2.08.